The van der Waals surface area contributed by atoms with Crippen molar-refractivity contribution in [1.29, 1.82) is 0 Å². The average Bonchev–Trinajstić information content (AvgIpc) is 2.83. The lowest BCUT2D eigenvalue weighted by Gasteiger charge is -2.22. The molecule has 3 heterocycles. The molecule has 6 heteroatoms. The van der Waals surface area contributed by atoms with Crippen LogP contribution in [0.5, 0.6) is 0 Å². The van der Waals surface area contributed by atoms with Crippen molar-refractivity contribution in [3.8, 4) is 0 Å². The first-order valence-corrected chi connectivity index (χ1v) is 8.05. The first-order valence-electron chi connectivity index (χ1n) is 6.11. The van der Waals surface area contributed by atoms with Crippen LogP contribution < -0.4 is 5.32 Å². The summed E-state index contributed by atoms with van der Waals surface area (Å²) in [6.45, 7) is 0.552. The zero-order valence-electron chi connectivity index (χ0n) is 10.3. The third-order valence-electron chi connectivity index (χ3n) is 3.23. The van der Waals surface area contributed by atoms with Gasteiger partial charge in [0.15, 0.2) is 0 Å². The summed E-state index contributed by atoms with van der Waals surface area (Å²) in [6.07, 6.45) is 4.36. The van der Waals surface area contributed by atoms with Gasteiger partial charge in [-0.25, -0.2) is 0 Å². The quantitative estimate of drug-likeness (QED) is 0.900. The molecule has 1 saturated heterocycles. The summed E-state index contributed by atoms with van der Waals surface area (Å²) in [5, 5.41) is 13.7. The standard InChI is InChI=1S/C13H14BrN3OS/c14-9-5-11-12(16-6-9)10(1-3-15-11)17-7-13(18)2-4-19-8-13/h1,3,5-6,18H,2,4,7-8H2,(H,15,17). The second-order valence-electron chi connectivity index (χ2n) is 4.76. The van der Waals surface area contributed by atoms with Gasteiger partial charge in [-0.05, 0) is 40.2 Å². The van der Waals surface area contributed by atoms with Gasteiger partial charge in [0.2, 0.25) is 0 Å². The summed E-state index contributed by atoms with van der Waals surface area (Å²) in [4.78, 5) is 8.69. The number of aromatic nitrogens is 2. The van der Waals surface area contributed by atoms with Crippen LogP contribution in [-0.2, 0) is 0 Å². The van der Waals surface area contributed by atoms with E-state index in [9.17, 15) is 5.11 Å². The molecule has 0 radical (unpaired) electrons. The number of hydrogen-bond acceptors (Lipinski definition) is 5. The zero-order chi connectivity index (χ0) is 13.3. The van der Waals surface area contributed by atoms with Gasteiger partial charge >= 0.3 is 0 Å². The molecule has 1 aliphatic heterocycles. The van der Waals surface area contributed by atoms with Gasteiger partial charge in [-0.3, -0.25) is 9.97 Å². The van der Waals surface area contributed by atoms with E-state index in [0.29, 0.717) is 6.54 Å². The van der Waals surface area contributed by atoms with E-state index >= 15 is 0 Å². The van der Waals surface area contributed by atoms with Crippen molar-refractivity contribution < 1.29 is 5.11 Å². The first-order chi connectivity index (χ1) is 9.16. The van der Waals surface area contributed by atoms with Crippen molar-refractivity contribution in [1.82, 2.24) is 9.97 Å². The second kappa shape index (κ2) is 5.26. The monoisotopic (exact) mass is 339 g/mol. The van der Waals surface area contributed by atoms with E-state index in [1.165, 1.54) is 0 Å². The summed E-state index contributed by atoms with van der Waals surface area (Å²) in [6, 6.07) is 3.84. The van der Waals surface area contributed by atoms with E-state index in [2.05, 4.69) is 31.2 Å². The van der Waals surface area contributed by atoms with Gasteiger partial charge in [0.1, 0.15) is 5.52 Å². The molecule has 0 bridgehead atoms. The van der Waals surface area contributed by atoms with Crippen LogP contribution in [0, 0.1) is 0 Å². The molecule has 0 aromatic carbocycles. The average molecular weight is 340 g/mol. The predicted molar refractivity (Wildman–Crippen MR) is 82.6 cm³/mol. The molecule has 100 valence electrons. The number of pyridine rings is 2. The van der Waals surface area contributed by atoms with E-state index in [4.69, 9.17) is 0 Å². The first kappa shape index (κ1) is 13.1. The lowest BCUT2D eigenvalue weighted by atomic mass is 10.0. The highest BCUT2D eigenvalue weighted by Crippen LogP contribution is 2.29. The van der Waals surface area contributed by atoms with E-state index in [-0.39, 0.29) is 0 Å². The van der Waals surface area contributed by atoms with Gasteiger partial charge in [-0.1, -0.05) is 0 Å². The highest BCUT2D eigenvalue weighted by atomic mass is 79.9. The van der Waals surface area contributed by atoms with Crippen molar-refractivity contribution in [3.05, 3.63) is 29.0 Å². The molecule has 1 aliphatic rings. The van der Waals surface area contributed by atoms with Gasteiger partial charge in [-0.15, -0.1) is 0 Å². The molecule has 19 heavy (non-hydrogen) atoms. The summed E-state index contributed by atoms with van der Waals surface area (Å²) >= 11 is 5.19. The number of fused-ring (bicyclic) bond motifs is 1. The molecule has 4 nitrogen and oxygen atoms in total. The number of rotatable bonds is 3. The molecule has 2 aromatic rings. The van der Waals surface area contributed by atoms with Crippen molar-refractivity contribution in [3.63, 3.8) is 0 Å². The number of thioether (sulfide) groups is 1. The van der Waals surface area contributed by atoms with Crippen LogP contribution in [0.3, 0.4) is 0 Å². The van der Waals surface area contributed by atoms with Crippen LogP contribution in [0.15, 0.2) is 29.0 Å². The Hall–Kier alpha value is -0.850. The fraction of sp³-hybridized carbons (Fsp3) is 0.385. The van der Waals surface area contributed by atoms with E-state index in [0.717, 1.165) is 39.1 Å². The largest absolute Gasteiger partial charge is 0.387 e. The molecule has 2 aromatic heterocycles. The number of anilines is 1. The SMILES string of the molecule is OC1(CNc2ccnc3cc(Br)cnc23)CCSC1. The maximum absolute atomic E-state index is 10.3. The molecule has 0 amide bonds. The van der Waals surface area contributed by atoms with Crippen LogP contribution in [0.1, 0.15) is 6.42 Å². The minimum atomic E-state index is -0.602. The van der Waals surface area contributed by atoms with Crippen LogP contribution in [-0.4, -0.2) is 38.7 Å². The van der Waals surface area contributed by atoms with Crippen LogP contribution >= 0.6 is 27.7 Å². The van der Waals surface area contributed by atoms with Crippen molar-refractivity contribution >= 4 is 44.4 Å². The Kier molecular flexibility index (Phi) is 3.64. The summed E-state index contributed by atoms with van der Waals surface area (Å²) < 4.78 is 0.912. The lowest BCUT2D eigenvalue weighted by molar-refractivity contribution is 0.0820. The van der Waals surface area contributed by atoms with Crippen molar-refractivity contribution in [2.75, 3.05) is 23.4 Å². The fourth-order valence-electron chi connectivity index (χ4n) is 2.14. The molecule has 3 rings (SSSR count). The molecule has 1 fully saturated rings. The third kappa shape index (κ3) is 2.85. The van der Waals surface area contributed by atoms with Crippen LogP contribution in [0.2, 0.25) is 0 Å². The minimum absolute atomic E-state index is 0.552. The number of halogens is 1. The maximum Gasteiger partial charge on any atom is 0.112 e. The van der Waals surface area contributed by atoms with Crippen LogP contribution in [0.25, 0.3) is 11.0 Å². The Labute approximate surface area is 124 Å². The number of hydrogen-bond donors (Lipinski definition) is 2. The number of nitrogens with zero attached hydrogens (tertiary/aromatic N) is 2. The summed E-state index contributed by atoms with van der Waals surface area (Å²) in [5.74, 6) is 1.82. The number of aliphatic hydroxyl groups is 1. The maximum atomic E-state index is 10.3. The Morgan fingerprint density at radius 1 is 1.47 bits per heavy atom. The van der Waals surface area contributed by atoms with Gasteiger partial charge < -0.3 is 10.4 Å². The van der Waals surface area contributed by atoms with Gasteiger partial charge in [0.05, 0.1) is 16.8 Å². The van der Waals surface area contributed by atoms with E-state index in [1.54, 1.807) is 24.2 Å². The molecule has 0 aliphatic carbocycles. The predicted octanol–water partition coefficient (Wildman–Crippen LogP) is 2.67. The highest BCUT2D eigenvalue weighted by Gasteiger charge is 2.31. The van der Waals surface area contributed by atoms with Crippen LogP contribution in [0.4, 0.5) is 5.69 Å². The number of nitrogens with one attached hydrogen (secondary N) is 1. The molecule has 2 N–H and O–H groups in total. The molecular weight excluding hydrogens is 326 g/mol. The zero-order valence-corrected chi connectivity index (χ0v) is 12.7. The Balaban J connectivity index is 1.84. The third-order valence-corrected chi connectivity index (χ3v) is 4.90. The molecular formula is C13H14BrN3OS. The second-order valence-corrected chi connectivity index (χ2v) is 6.78. The van der Waals surface area contributed by atoms with E-state index < -0.39 is 5.60 Å². The highest BCUT2D eigenvalue weighted by molar-refractivity contribution is 9.10. The fourth-order valence-corrected chi connectivity index (χ4v) is 3.76. The molecule has 0 saturated carbocycles. The topological polar surface area (TPSA) is 58.0 Å². The van der Waals surface area contributed by atoms with Gasteiger partial charge in [0, 0.05) is 29.2 Å². The van der Waals surface area contributed by atoms with Gasteiger partial charge in [0.25, 0.3) is 0 Å². The Morgan fingerprint density at radius 3 is 3.16 bits per heavy atom. The van der Waals surface area contributed by atoms with Gasteiger partial charge in [-0.2, -0.15) is 11.8 Å². The molecule has 1 atom stereocenters. The molecule has 0 spiro atoms. The van der Waals surface area contributed by atoms with Crippen molar-refractivity contribution in [2.45, 2.75) is 12.0 Å². The van der Waals surface area contributed by atoms with Crippen molar-refractivity contribution in [2.24, 2.45) is 0 Å². The summed E-state index contributed by atoms with van der Waals surface area (Å²) in [5.41, 5.74) is 1.99. The Bertz CT molecular complexity index is 601. The Morgan fingerprint density at radius 2 is 2.37 bits per heavy atom. The van der Waals surface area contributed by atoms with E-state index in [1.807, 2.05) is 12.1 Å². The lowest BCUT2D eigenvalue weighted by Crippen LogP contribution is -2.36. The summed E-state index contributed by atoms with van der Waals surface area (Å²) in [7, 11) is 0. The molecule has 1 unspecified atom stereocenters. The normalized spacial score (nSPS) is 22.8. The minimum Gasteiger partial charge on any atom is -0.387 e. The smallest absolute Gasteiger partial charge is 0.112 e.